The summed E-state index contributed by atoms with van der Waals surface area (Å²) in [5, 5.41) is 8.89. The first-order chi connectivity index (χ1) is 14.6. The standard InChI is InChI=1S/C23H27FN4O2/c24-19-10-11-25-14-21(19)26-18-7-3-6-16(13-18)22(29)28-20(12-15-4-1-2-5-15)23(30)27-17-8-9-17/h3,6-7,10-11,13-15,17,20,26H,1-2,4-5,8-9,12H2,(H,27,30)(H,28,29). The van der Waals surface area contributed by atoms with Gasteiger partial charge in [-0.1, -0.05) is 31.7 Å². The van der Waals surface area contributed by atoms with Gasteiger partial charge in [0.25, 0.3) is 5.91 Å². The zero-order chi connectivity index (χ0) is 20.9. The van der Waals surface area contributed by atoms with Crippen LogP contribution in [-0.2, 0) is 4.79 Å². The molecule has 0 bridgehead atoms. The van der Waals surface area contributed by atoms with Crippen molar-refractivity contribution in [1.82, 2.24) is 15.6 Å². The summed E-state index contributed by atoms with van der Waals surface area (Å²) in [7, 11) is 0. The van der Waals surface area contributed by atoms with Crippen molar-refractivity contribution in [2.45, 2.75) is 57.0 Å². The molecule has 0 radical (unpaired) electrons. The molecule has 0 spiro atoms. The van der Waals surface area contributed by atoms with Crippen LogP contribution < -0.4 is 16.0 Å². The Morgan fingerprint density at radius 3 is 2.67 bits per heavy atom. The van der Waals surface area contributed by atoms with E-state index < -0.39 is 11.9 Å². The largest absolute Gasteiger partial charge is 0.352 e. The molecular formula is C23H27FN4O2. The summed E-state index contributed by atoms with van der Waals surface area (Å²) >= 11 is 0. The van der Waals surface area contributed by atoms with E-state index in [1.165, 1.54) is 31.3 Å². The third kappa shape index (κ3) is 5.34. The smallest absolute Gasteiger partial charge is 0.252 e. The molecule has 2 saturated carbocycles. The molecule has 158 valence electrons. The number of benzene rings is 1. The molecule has 4 rings (SSSR count). The van der Waals surface area contributed by atoms with Crippen molar-refractivity contribution >= 4 is 23.2 Å². The summed E-state index contributed by atoms with van der Waals surface area (Å²) in [6.07, 6.45) is 10.1. The van der Waals surface area contributed by atoms with Gasteiger partial charge in [0, 0.05) is 23.5 Å². The second-order valence-corrected chi connectivity index (χ2v) is 8.26. The maximum atomic E-state index is 13.9. The lowest BCUT2D eigenvalue weighted by Gasteiger charge is -2.21. The Balaban J connectivity index is 1.44. The molecule has 1 aromatic heterocycles. The van der Waals surface area contributed by atoms with Crippen LogP contribution in [0, 0.1) is 11.7 Å². The number of halogens is 1. The molecule has 0 aliphatic heterocycles. The van der Waals surface area contributed by atoms with E-state index in [1.807, 2.05) is 0 Å². The highest BCUT2D eigenvalue weighted by Crippen LogP contribution is 2.29. The minimum Gasteiger partial charge on any atom is -0.352 e. The van der Waals surface area contributed by atoms with Gasteiger partial charge in [-0.3, -0.25) is 14.6 Å². The van der Waals surface area contributed by atoms with Gasteiger partial charge in [-0.25, -0.2) is 4.39 Å². The molecule has 2 aliphatic rings. The number of rotatable bonds is 8. The Hall–Kier alpha value is -2.96. The van der Waals surface area contributed by atoms with Gasteiger partial charge in [0.15, 0.2) is 0 Å². The maximum absolute atomic E-state index is 13.9. The lowest BCUT2D eigenvalue weighted by Crippen LogP contribution is -2.48. The SMILES string of the molecule is O=C(NC(CC1CCCC1)C(=O)NC1CC1)c1cccc(Nc2cnccc2F)c1. The van der Waals surface area contributed by atoms with Crippen molar-refractivity contribution in [2.24, 2.45) is 5.92 Å². The summed E-state index contributed by atoms with van der Waals surface area (Å²) < 4.78 is 13.9. The average Bonchev–Trinajstić information content (AvgIpc) is 3.41. The molecular weight excluding hydrogens is 383 g/mol. The normalized spacial score (nSPS) is 17.4. The van der Waals surface area contributed by atoms with Crippen LogP contribution in [-0.4, -0.2) is 28.9 Å². The molecule has 2 aliphatic carbocycles. The number of carbonyl (C=O) groups is 2. The number of amides is 2. The summed E-state index contributed by atoms with van der Waals surface area (Å²) in [5.41, 5.74) is 1.22. The Morgan fingerprint density at radius 1 is 1.13 bits per heavy atom. The van der Waals surface area contributed by atoms with Gasteiger partial charge < -0.3 is 16.0 Å². The zero-order valence-corrected chi connectivity index (χ0v) is 16.9. The van der Waals surface area contributed by atoms with Gasteiger partial charge in [0.1, 0.15) is 11.9 Å². The number of pyridine rings is 1. The fraction of sp³-hybridized carbons (Fsp3) is 0.435. The van der Waals surface area contributed by atoms with E-state index in [0.29, 0.717) is 23.6 Å². The lowest BCUT2D eigenvalue weighted by atomic mass is 9.97. The Labute approximate surface area is 175 Å². The average molecular weight is 410 g/mol. The van der Waals surface area contributed by atoms with E-state index in [1.54, 1.807) is 24.3 Å². The number of nitrogens with one attached hydrogen (secondary N) is 3. The molecule has 2 aromatic rings. The van der Waals surface area contributed by atoms with Crippen molar-refractivity contribution in [3.05, 3.63) is 54.1 Å². The molecule has 30 heavy (non-hydrogen) atoms. The monoisotopic (exact) mass is 410 g/mol. The predicted octanol–water partition coefficient (Wildman–Crippen LogP) is 3.92. The summed E-state index contributed by atoms with van der Waals surface area (Å²) in [6, 6.07) is 7.79. The molecule has 6 nitrogen and oxygen atoms in total. The van der Waals surface area contributed by atoms with Crippen molar-refractivity contribution in [2.75, 3.05) is 5.32 Å². The fourth-order valence-electron chi connectivity index (χ4n) is 3.95. The van der Waals surface area contributed by atoms with Gasteiger partial charge >= 0.3 is 0 Å². The Kier molecular flexibility index (Phi) is 6.26. The molecule has 0 saturated heterocycles. The van der Waals surface area contributed by atoms with Gasteiger partial charge in [-0.15, -0.1) is 0 Å². The van der Waals surface area contributed by atoms with Crippen LogP contribution in [0.4, 0.5) is 15.8 Å². The predicted molar refractivity (Wildman–Crippen MR) is 113 cm³/mol. The Bertz CT molecular complexity index is 910. The zero-order valence-electron chi connectivity index (χ0n) is 16.9. The molecule has 1 heterocycles. The van der Waals surface area contributed by atoms with Crippen molar-refractivity contribution in [3.63, 3.8) is 0 Å². The van der Waals surface area contributed by atoms with Crippen LogP contribution in [0.1, 0.15) is 55.3 Å². The van der Waals surface area contributed by atoms with E-state index in [9.17, 15) is 14.0 Å². The fourth-order valence-corrected chi connectivity index (χ4v) is 3.95. The molecule has 1 unspecified atom stereocenters. The lowest BCUT2D eigenvalue weighted by molar-refractivity contribution is -0.123. The number of nitrogens with zero attached hydrogens (tertiary/aromatic N) is 1. The quantitative estimate of drug-likeness (QED) is 0.616. The van der Waals surface area contributed by atoms with E-state index in [-0.39, 0.29) is 23.5 Å². The van der Waals surface area contributed by atoms with E-state index in [2.05, 4.69) is 20.9 Å². The van der Waals surface area contributed by atoms with E-state index in [0.717, 1.165) is 25.7 Å². The Morgan fingerprint density at radius 2 is 1.93 bits per heavy atom. The summed E-state index contributed by atoms with van der Waals surface area (Å²) in [6.45, 7) is 0. The highest BCUT2D eigenvalue weighted by molar-refractivity contribution is 5.98. The van der Waals surface area contributed by atoms with Crippen molar-refractivity contribution < 1.29 is 14.0 Å². The minimum atomic E-state index is -0.534. The van der Waals surface area contributed by atoms with Crippen LogP contribution >= 0.6 is 0 Å². The molecule has 2 amide bonds. The summed E-state index contributed by atoms with van der Waals surface area (Å²) in [4.78, 5) is 29.5. The number of anilines is 2. The first-order valence-electron chi connectivity index (χ1n) is 10.7. The molecule has 3 N–H and O–H groups in total. The van der Waals surface area contributed by atoms with E-state index >= 15 is 0 Å². The maximum Gasteiger partial charge on any atom is 0.252 e. The van der Waals surface area contributed by atoms with Crippen molar-refractivity contribution in [1.29, 1.82) is 0 Å². The highest BCUT2D eigenvalue weighted by Gasteiger charge is 2.31. The minimum absolute atomic E-state index is 0.0931. The molecule has 2 fully saturated rings. The van der Waals surface area contributed by atoms with Crippen LogP contribution in [0.25, 0.3) is 0 Å². The third-order valence-electron chi connectivity index (χ3n) is 5.76. The highest BCUT2D eigenvalue weighted by atomic mass is 19.1. The second kappa shape index (κ2) is 9.24. The molecule has 1 atom stereocenters. The first kappa shape index (κ1) is 20.3. The van der Waals surface area contributed by atoms with Crippen LogP contribution in [0.2, 0.25) is 0 Å². The second-order valence-electron chi connectivity index (χ2n) is 8.26. The number of hydrogen-bond donors (Lipinski definition) is 3. The first-order valence-corrected chi connectivity index (χ1v) is 10.7. The molecule has 7 heteroatoms. The number of aromatic nitrogens is 1. The number of hydrogen-bond acceptors (Lipinski definition) is 4. The number of carbonyl (C=O) groups excluding carboxylic acids is 2. The van der Waals surface area contributed by atoms with Gasteiger partial charge in [0.2, 0.25) is 5.91 Å². The summed E-state index contributed by atoms with van der Waals surface area (Å²) in [5.74, 6) is -0.348. The third-order valence-corrected chi connectivity index (χ3v) is 5.76. The topological polar surface area (TPSA) is 83.1 Å². The van der Waals surface area contributed by atoms with Crippen LogP contribution in [0.15, 0.2) is 42.7 Å². The van der Waals surface area contributed by atoms with Gasteiger partial charge in [-0.05, 0) is 49.4 Å². The van der Waals surface area contributed by atoms with Gasteiger partial charge in [-0.2, -0.15) is 0 Å². The van der Waals surface area contributed by atoms with Crippen LogP contribution in [0.3, 0.4) is 0 Å². The van der Waals surface area contributed by atoms with Crippen LogP contribution in [0.5, 0.6) is 0 Å². The van der Waals surface area contributed by atoms with E-state index in [4.69, 9.17) is 0 Å². The van der Waals surface area contributed by atoms with Gasteiger partial charge in [0.05, 0.1) is 11.9 Å². The molecule has 1 aromatic carbocycles. The van der Waals surface area contributed by atoms with Crippen molar-refractivity contribution in [3.8, 4) is 0 Å².